The van der Waals surface area contributed by atoms with Crippen LogP contribution in [0.5, 0.6) is 0 Å². The Bertz CT molecular complexity index is 615. The molecule has 5 heteroatoms. The van der Waals surface area contributed by atoms with E-state index < -0.39 is 0 Å². The number of nitrogen functional groups attached to an aromatic ring is 1. The van der Waals surface area contributed by atoms with Gasteiger partial charge in [0.05, 0.1) is 10.6 Å². The van der Waals surface area contributed by atoms with Crippen molar-refractivity contribution in [2.45, 2.75) is 0 Å². The lowest BCUT2D eigenvalue weighted by Crippen LogP contribution is -1.84. The van der Waals surface area contributed by atoms with Crippen LogP contribution >= 0.6 is 22.7 Å². The number of thiazole rings is 1. The van der Waals surface area contributed by atoms with Gasteiger partial charge >= 0.3 is 0 Å². The fourth-order valence-corrected chi connectivity index (χ4v) is 3.33. The van der Waals surface area contributed by atoms with Gasteiger partial charge in [0.2, 0.25) is 0 Å². The molecule has 0 aliphatic rings. The van der Waals surface area contributed by atoms with Crippen LogP contribution in [0.4, 0.5) is 5.13 Å². The van der Waals surface area contributed by atoms with Crippen molar-refractivity contribution >= 4 is 27.8 Å². The molecule has 17 heavy (non-hydrogen) atoms. The molecular formula is C12H9N3S2. The predicted molar refractivity (Wildman–Crippen MR) is 73.1 cm³/mol. The lowest BCUT2D eigenvalue weighted by Gasteiger charge is -1.99. The Labute approximate surface area is 107 Å². The number of thiophene rings is 1. The van der Waals surface area contributed by atoms with Crippen LogP contribution in [0.15, 0.2) is 42.0 Å². The summed E-state index contributed by atoms with van der Waals surface area (Å²) in [5, 5.41) is 2.65. The number of hydrogen-bond acceptors (Lipinski definition) is 5. The highest BCUT2D eigenvalue weighted by atomic mass is 32.1. The van der Waals surface area contributed by atoms with E-state index in [-0.39, 0.29) is 0 Å². The second-order valence-corrected chi connectivity index (χ2v) is 5.42. The minimum Gasteiger partial charge on any atom is -0.375 e. The molecule has 3 aromatic rings. The molecular weight excluding hydrogens is 250 g/mol. The number of nitrogens with two attached hydrogens (primary N) is 1. The first-order valence-corrected chi connectivity index (χ1v) is 6.75. The van der Waals surface area contributed by atoms with Crippen LogP contribution in [0.2, 0.25) is 0 Å². The summed E-state index contributed by atoms with van der Waals surface area (Å²) in [6, 6.07) is 8.02. The second kappa shape index (κ2) is 4.27. The maximum absolute atomic E-state index is 5.82. The van der Waals surface area contributed by atoms with Crippen molar-refractivity contribution in [3.8, 4) is 21.0 Å². The number of anilines is 1. The molecule has 0 unspecified atom stereocenters. The molecule has 0 aliphatic heterocycles. The molecule has 3 aromatic heterocycles. The standard InChI is InChI=1S/C12H9N3S2/c13-12-15-10(8-3-5-14-6-4-8)11(17-12)9-2-1-7-16-9/h1-7H,(H2,13,15). The van der Waals surface area contributed by atoms with Gasteiger partial charge in [0.1, 0.15) is 0 Å². The third kappa shape index (κ3) is 1.94. The van der Waals surface area contributed by atoms with Crippen molar-refractivity contribution < 1.29 is 0 Å². The normalized spacial score (nSPS) is 10.6. The quantitative estimate of drug-likeness (QED) is 0.766. The molecule has 3 heterocycles. The molecule has 0 saturated carbocycles. The molecule has 0 saturated heterocycles. The van der Waals surface area contributed by atoms with Crippen molar-refractivity contribution in [2.75, 3.05) is 5.73 Å². The van der Waals surface area contributed by atoms with Crippen LogP contribution in [-0.4, -0.2) is 9.97 Å². The van der Waals surface area contributed by atoms with Crippen molar-refractivity contribution in [3.05, 3.63) is 42.0 Å². The summed E-state index contributed by atoms with van der Waals surface area (Å²) < 4.78 is 0. The zero-order valence-corrected chi connectivity index (χ0v) is 10.5. The van der Waals surface area contributed by atoms with E-state index in [9.17, 15) is 0 Å². The van der Waals surface area contributed by atoms with Gasteiger partial charge < -0.3 is 5.73 Å². The van der Waals surface area contributed by atoms with Gasteiger partial charge in [-0.1, -0.05) is 17.4 Å². The summed E-state index contributed by atoms with van der Waals surface area (Å²) in [5.41, 5.74) is 7.81. The van der Waals surface area contributed by atoms with Crippen LogP contribution in [0.3, 0.4) is 0 Å². The SMILES string of the molecule is Nc1nc(-c2ccncc2)c(-c2cccs2)s1. The van der Waals surface area contributed by atoms with Crippen LogP contribution in [0.1, 0.15) is 0 Å². The molecule has 0 radical (unpaired) electrons. The molecule has 0 atom stereocenters. The first-order valence-electron chi connectivity index (χ1n) is 5.05. The summed E-state index contributed by atoms with van der Waals surface area (Å²) in [6.07, 6.45) is 3.53. The van der Waals surface area contributed by atoms with Gasteiger partial charge in [-0.25, -0.2) is 4.98 Å². The van der Waals surface area contributed by atoms with Gasteiger partial charge in [0, 0.05) is 22.8 Å². The monoisotopic (exact) mass is 259 g/mol. The Kier molecular flexibility index (Phi) is 2.62. The fourth-order valence-electron chi connectivity index (χ4n) is 1.62. The smallest absolute Gasteiger partial charge is 0.181 e. The fraction of sp³-hybridized carbons (Fsp3) is 0. The third-order valence-electron chi connectivity index (χ3n) is 2.34. The van der Waals surface area contributed by atoms with E-state index >= 15 is 0 Å². The Hall–Kier alpha value is -1.72. The Morgan fingerprint density at radius 1 is 1.12 bits per heavy atom. The van der Waals surface area contributed by atoms with E-state index in [1.54, 1.807) is 23.7 Å². The van der Waals surface area contributed by atoms with Crippen LogP contribution < -0.4 is 5.73 Å². The zero-order chi connectivity index (χ0) is 11.7. The molecule has 2 N–H and O–H groups in total. The number of aromatic nitrogens is 2. The van der Waals surface area contributed by atoms with Gasteiger partial charge in [0.15, 0.2) is 5.13 Å². The van der Waals surface area contributed by atoms with E-state index in [1.165, 1.54) is 16.2 Å². The van der Waals surface area contributed by atoms with E-state index in [1.807, 2.05) is 18.2 Å². The van der Waals surface area contributed by atoms with Crippen LogP contribution in [0.25, 0.3) is 21.0 Å². The molecule has 0 spiro atoms. The van der Waals surface area contributed by atoms with Crippen LogP contribution in [-0.2, 0) is 0 Å². The molecule has 0 fully saturated rings. The van der Waals surface area contributed by atoms with E-state index in [2.05, 4.69) is 21.4 Å². The lowest BCUT2D eigenvalue weighted by atomic mass is 10.1. The molecule has 0 amide bonds. The Morgan fingerprint density at radius 3 is 2.65 bits per heavy atom. The highest BCUT2D eigenvalue weighted by molar-refractivity contribution is 7.23. The molecule has 84 valence electrons. The maximum atomic E-state index is 5.82. The summed E-state index contributed by atoms with van der Waals surface area (Å²) in [5.74, 6) is 0. The van der Waals surface area contributed by atoms with Gasteiger partial charge in [-0.15, -0.1) is 11.3 Å². The second-order valence-electron chi connectivity index (χ2n) is 3.44. The number of hydrogen-bond donors (Lipinski definition) is 1. The van der Waals surface area contributed by atoms with E-state index in [4.69, 9.17) is 5.73 Å². The zero-order valence-electron chi connectivity index (χ0n) is 8.83. The van der Waals surface area contributed by atoms with Crippen molar-refractivity contribution in [1.29, 1.82) is 0 Å². The molecule has 3 rings (SSSR count). The van der Waals surface area contributed by atoms with Gasteiger partial charge in [0.25, 0.3) is 0 Å². The van der Waals surface area contributed by atoms with Crippen molar-refractivity contribution in [2.24, 2.45) is 0 Å². The summed E-state index contributed by atoms with van der Waals surface area (Å²) in [6.45, 7) is 0. The average molecular weight is 259 g/mol. The third-order valence-corrected chi connectivity index (χ3v) is 4.28. The summed E-state index contributed by atoms with van der Waals surface area (Å²) >= 11 is 3.22. The van der Waals surface area contributed by atoms with Gasteiger partial charge in [-0.05, 0) is 23.6 Å². The van der Waals surface area contributed by atoms with Crippen molar-refractivity contribution in [1.82, 2.24) is 9.97 Å². The Balaban J connectivity index is 2.18. The van der Waals surface area contributed by atoms with Gasteiger partial charge in [-0.2, -0.15) is 0 Å². The summed E-state index contributed by atoms with van der Waals surface area (Å²) in [7, 11) is 0. The largest absolute Gasteiger partial charge is 0.375 e. The summed E-state index contributed by atoms with van der Waals surface area (Å²) in [4.78, 5) is 10.8. The van der Waals surface area contributed by atoms with E-state index in [0.717, 1.165) is 16.1 Å². The minimum atomic E-state index is 0.597. The van der Waals surface area contributed by atoms with Gasteiger partial charge in [-0.3, -0.25) is 4.98 Å². The van der Waals surface area contributed by atoms with E-state index in [0.29, 0.717) is 5.13 Å². The lowest BCUT2D eigenvalue weighted by molar-refractivity contribution is 1.31. The highest BCUT2D eigenvalue weighted by Gasteiger charge is 2.13. The molecule has 3 nitrogen and oxygen atoms in total. The molecule has 0 bridgehead atoms. The highest BCUT2D eigenvalue weighted by Crippen LogP contribution is 2.39. The average Bonchev–Trinajstić information content (AvgIpc) is 2.98. The number of rotatable bonds is 2. The topological polar surface area (TPSA) is 51.8 Å². The number of nitrogens with zero attached hydrogens (tertiary/aromatic N) is 2. The maximum Gasteiger partial charge on any atom is 0.181 e. The number of pyridine rings is 1. The minimum absolute atomic E-state index is 0.597. The molecule has 0 aliphatic carbocycles. The van der Waals surface area contributed by atoms with Crippen LogP contribution in [0, 0.1) is 0 Å². The van der Waals surface area contributed by atoms with Crippen molar-refractivity contribution in [3.63, 3.8) is 0 Å². The predicted octanol–water partition coefficient (Wildman–Crippen LogP) is 3.52. The first kappa shape index (κ1) is 10.4. The first-order chi connectivity index (χ1) is 8.34. The Morgan fingerprint density at radius 2 is 1.94 bits per heavy atom. The molecule has 0 aromatic carbocycles.